The van der Waals surface area contributed by atoms with Crippen molar-refractivity contribution in [1.29, 1.82) is 0 Å². The highest BCUT2D eigenvalue weighted by molar-refractivity contribution is 6.29. The summed E-state index contributed by atoms with van der Waals surface area (Å²) in [5.74, 6) is -0.0545. The van der Waals surface area contributed by atoms with Crippen LogP contribution in [0.1, 0.15) is 23.2 Å². The average molecular weight is 226 g/mol. The highest BCUT2D eigenvalue weighted by Crippen LogP contribution is 2.28. The first-order valence-electron chi connectivity index (χ1n) is 3.56. The van der Waals surface area contributed by atoms with E-state index >= 15 is 0 Å². The molecule has 13 heavy (non-hydrogen) atoms. The van der Waals surface area contributed by atoms with E-state index < -0.39 is 6.43 Å². The molecule has 1 aromatic rings. The second kappa shape index (κ2) is 4.20. The molecule has 0 fully saturated rings. The molecule has 72 valence electrons. The molecule has 1 heterocycles. The predicted molar refractivity (Wildman–Crippen MR) is 48.5 cm³/mol. The molecule has 0 bridgehead atoms. The monoisotopic (exact) mass is 225 g/mol. The minimum absolute atomic E-state index is 0.0545. The molecular weight excluding hydrogens is 219 g/mol. The van der Waals surface area contributed by atoms with Crippen LogP contribution in [-0.2, 0) is 5.88 Å². The molecule has 0 atom stereocenters. The third kappa shape index (κ3) is 2.29. The molecule has 0 radical (unpaired) electrons. The van der Waals surface area contributed by atoms with Crippen LogP contribution in [0.2, 0.25) is 5.15 Å². The minimum Gasteiger partial charge on any atom is -0.239 e. The molecule has 0 aliphatic carbocycles. The summed E-state index contributed by atoms with van der Waals surface area (Å²) < 4.78 is 24.9. The molecule has 1 nitrogen and oxygen atoms in total. The van der Waals surface area contributed by atoms with E-state index in [0.717, 1.165) is 0 Å². The fourth-order valence-corrected chi connectivity index (χ4v) is 1.57. The molecule has 1 rings (SSSR count). The highest BCUT2D eigenvalue weighted by atomic mass is 35.5. The molecule has 0 saturated carbocycles. The van der Waals surface area contributed by atoms with E-state index in [1.54, 1.807) is 6.92 Å². The summed E-state index contributed by atoms with van der Waals surface area (Å²) in [5.41, 5.74) is 0.465. The summed E-state index contributed by atoms with van der Waals surface area (Å²) in [6.07, 6.45) is -2.56. The van der Waals surface area contributed by atoms with Gasteiger partial charge >= 0.3 is 0 Å². The Morgan fingerprint density at radius 3 is 2.62 bits per heavy atom. The summed E-state index contributed by atoms with van der Waals surface area (Å²) in [4.78, 5) is 3.73. The van der Waals surface area contributed by atoms with Crippen LogP contribution in [0.15, 0.2) is 6.07 Å². The number of aromatic nitrogens is 1. The fourth-order valence-electron chi connectivity index (χ4n) is 1.11. The number of halogens is 4. The first-order valence-corrected chi connectivity index (χ1v) is 4.47. The van der Waals surface area contributed by atoms with Crippen LogP contribution in [0.3, 0.4) is 0 Å². The van der Waals surface area contributed by atoms with Crippen molar-refractivity contribution in [3.63, 3.8) is 0 Å². The molecule has 0 aliphatic rings. The lowest BCUT2D eigenvalue weighted by Crippen LogP contribution is -1.99. The second-order valence-electron chi connectivity index (χ2n) is 2.56. The summed E-state index contributed by atoms with van der Waals surface area (Å²) in [6.45, 7) is 1.56. The maximum Gasteiger partial charge on any atom is 0.265 e. The summed E-state index contributed by atoms with van der Waals surface area (Å²) in [5, 5.41) is 0.192. The van der Waals surface area contributed by atoms with Crippen molar-refractivity contribution in [2.24, 2.45) is 0 Å². The predicted octanol–water partition coefficient (Wildman–Crippen LogP) is 3.72. The number of rotatable bonds is 2. The Bertz CT molecular complexity index is 315. The zero-order chi connectivity index (χ0) is 10.0. The van der Waals surface area contributed by atoms with Gasteiger partial charge in [0.15, 0.2) is 0 Å². The molecule has 0 spiro atoms. The largest absolute Gasteiger partial charge is 0.265 e. The quantitative estimate of drug-likeness (QED) is 0.553. The first kappa shape index (κ1) is 10.7. The van der Waals surface area contributed by atoms with E-state index in [-0.39, 0.29) is 22.3 Å². The van der Waals surface area contributed by atoms with Gasteiger partial charge in [-0.2, -0.15) is 0 Å². The lowest BCUT2D eigenvalue weighted by molar-refractivity contribution is 0.149. The van der Waals surface area contributed by atoms with Gasteiger partial charge in [0, 0.05) is 5.56 Å². The standard InChI is InChI=1S/C8H7Cl2F2N/c1-4-2-6(10)13-5(3-9)7(4)8(11)12/h2,8H,3H2,1H3. The van der Waals surface area contributed by atoms with Crippen molar-refractivity contribution in [2.75, 3.05) is 0 Å². The Morgan fingerprint density at radius 1 is 1.54 bits per heavy atom. The van der Waals surface area contributed by atoms with Gasteiger partial charge in [0.2, 0.25) is 0 Å². The van der Waals surface area contributed by atoms with Gasteiger partial charge in [0.05, 0.1) is 11.6 Å². The topological polar surface area (TPSA) is 12.9 Å². The summed E-state index contributed by atoms with van der Waals surface area (Å²) >= 11 is 11.1. The van der Waals surface area contributed by atoms with Gasteiger partial charge in [0.1, 0.15) is 5.15 Å². The number of pyridine rings is 1. The van der Waals surface area contributed by atoms with Crippen molar-refractivity contribution in [3.05, 3.63) is 28.0 Å². The van der Waals surface area contributed by atoms with E-state index in [9.17, 15) is 8.78 Å². The molecule has 0 amide bonds. The van der Waals surface area contributed by atoms with Gasteiger partial charge in [-0.3, -0.25) is 0 Å². The summed E-state index contributed by atoms with van der Waals surface area (Å²) in [6, 6.07) is 1.40. The molecule has 0 aromatic carbocycles. The molecule has 0 N–H and O–H groups in total. The van der Waals surface area contributed by atoms with Crippen LogP contribution in [-0.4, -0.2) is 4.98 Å². The van der Waals surface area contributed by atoms with Crippen molar-refractivity contribution in [2.45, 2.75) is 19.2 Å². The van der Waals surface area contributed by atoms with Crippen molar-refractivity contribution in [3.8, 4) is 0 Å². The Balaban J connectivity index is 3.30. The van der Waals surface area contributed by atoms with E-state index in [0.29, 0.717) is 5.56 Å². The number of hydrogen-bond donors (Lipinski definition) is 0. The highest BCUT2D eigenvalue weighted by Gasteiger charge is 2.17. The SMILES string of the molecule is Cc1cc(Cl)nc(CCl)c1C(F)F. The van der Waals surface area contributed by atoms with E-state index in [4.69, 9.17) is 23.2 Å². The third-order valence-electron chi connectivity index (χ3n) is 1.66. The molecule has 0 saturated heterocycles. The number of aryl methyl sites for hydroxylation is 1. The fraction of sp³-hybridized carbons (Fsp3) is 0.375. The van der Waals surface area contributed by atoms with Crippen LogP contribution < -0.4 is 0 Å². The van der Waals surface area contributed by atoms with Gasteiger partial charge in [-0.05, 0) is 18.6 Å². The molecule has 5 heteroatoms. The van der Waals surface area contributed by atoms with Gasteiger partial charge < -0.3 is 0 Å². The van der Waals surface area contributed by atoms with Crippen LogP contribution in [0.25, 0.3) is 0 Å². The Morgan fingerprint density at radius 2 is 2.15 bits per heavy atom. The zero-order valence-electron chi connectivity index (χ0n) is 6.82. The maximum atomic E-state index is 12.5. The first-order chi connectivity index (χ1) is 6.06. The van der Waals surface area contributed by atoms with E-state index in [1.165, 1.54) is 6.07 Å². The molecule has 0 aliphatic heterocycles. The van der Waals surface area contributed by atoms with Crippen LogP contribution in [0, 0.1) is 6.92 Å². The van der Waals surface area contributed by atoms with E-state index in [2.05, 4.69) is 4.98 Å². The third-order valence-corrected chi connectivity index (χ3v) is 2.10. The van der Waals surface area contributed by atoms with Crippen molar-refractivity contribution in [1.82, 2.24) is 4.98 Å². The van der Waals surface area contributed by atoms with Gasteiger partial charge in [-0.1, -0.05) is 11.6 Å². The lowest BCUT2D eigenvalue weighted by atomic mass is 10.1. The normalized spacial score (nSPS) is 10.9. The average Bonchev–Trinajstić information content (AvgIpc) is 2.01. The van der Waals surface area contributed by atoms with Crippen LogP contribution in [0.4, 0.5) is 8.78 Å². The van der Waals surface area contributed by atoms with Gasteiger partial charge in [0.25, 0.3) is 6.43 Å². The Kier molecular flexibility index (Phi) is 3.45. The van der Waals surface area contributed by atoms with Crippen molar-refractivity contribution < 1.29 is 8.78 Å². The van der Waals surface area contributed by atoms with Crippen molar-refractivity contribution >= 4 is 23.2 Å². The molecule has 1 aromatic heterocycles. The Labute approximate surface area is 84.7 Å². The number of nitrogens with zero attached hydrogens (tertiary/aromatic N) is 1. The van der Waals surface area contributed by atoms with E-state index in [1.807, 2.05) is 0 Å². The number of alkyl halides is 3. The zero-order valence-corrected chi connectivity index (χ0v) is 8.33. The minimum atomic E-state index is -2.56. The molecular formula is C8H7Cl2F2N. The number of hydrogen-bond acceptors (Lipinski definition) is 1. The van der Waals surface area contributed by atoms with Gasteiger partial charge in [-0.15, -0.1) is 11.6 Å². The summed E-state index contributed by atoms with van der Waals surface area (Å²) in [7, 11) is 0. The second-order valence-corrected chi connectivity index (χ2v) is 3.21. The van der Waals surface area contributed by atoms with Crippen LogP contribution in [0.5, 0.6) is 0 Å². The lowest BCUT2D eigenvalue weighted by Gasteiger charge is -2.09. The Hall–Kier alpha value is -0.410. The maximum absolute atomic E-state index is 12.5. The van der Waals surface area contributed by atoms with Crippen LogP contribution >= 0.6 is 23.2 Å². The van der Waals surface area contributed by atoms with Gasteiger partial charge in [-0.25, -0.2) is 13.8 Å². The molecule has 0 unspecified atom stereocenters. The smallest absolute Gasteiger partial charge is 0.239 e.